The number of hydrogen-bond acceptors (Lipinski definition) is 4. The number of hydrogen-bond donors (Lipinski definition) is 2. The predicted molar refractivity (Wildman–Crippen MR) is 109 cm³/mol. The van der Waals surface area contributed by atoms with E-state index in [1.54, 1.807) is 0 Å². The van der Waals surface area contributed by atoms with Crippen LogP contribution in [0.25, 0.3) is 0 Å². The fourth-order valence-electron chi connectivity index (χ4n) is 2.95. The Morgan fingerprint density at radius 1 is 0.885 bits per heavy atom. The minimum atomic E-state index is 0.449. The molecule has 0 aliphatic rings. The zero-order valence-corrected chi connectivity index (χ0v) is 15.7. The van der Waals surface area contributed by atoms with Gasteiger partial charge in [-0.2, -0.15) is 0 Å². The minimum absolute atomic E-state index is 0.449. The highest BCUT2D eigenvalue weighted by Crippen LogP contribution is 2.26. The molecule has 1 heterocycles. The van der Waals surface area contributed by atoms with Crippen molar-refractivity contribution < 1.29 is 0 Å². The number of benzene rings is 2. The van der Waals surface area contributed by atoms with E-state index in [2.05, 4.69) is 76.9 Å². The van der Waals surface area contributed by atoms with Crippen LogP contribution in [-0.2, 0) is 6.42 Å². The molecule has 0 spiro atoms. The van der Waals surface area contributed by atoms with Crippen molar-refractivity contribution in [1.82, 2.24) is 9.97 Å². The van der Waals surface area contributed by atoms with Gasteiger partial charge in [0, 0.05) is 18.3 Å². The third-order valence-electron chi connectivity index (χ3n) is 4.25. The van der Waals surface area contributed by atoms with Gasteiger partial charge >= 0.3 is 0 Å². The molecular weight excluding hydrogens is 320 g/mol. The molecular formula is C22H26N4. The Morgan fingerprint density at radius 2 is 1.58 bits per heavy atom. The minimum Gasteiger partial charge on any atom is -0.370 e. The smallest absolute Gasteiger partial charge is 0.136 e. The largest absolute Gasteiger partial charge is 0.370 e. The van der Waals surface area contributed by atoms with Crippen LogP contribution in [0.1, 0.15) is 36.7 Å². The molecule has 0 atom stereocenters. The van der Waals surface area contributed by atoms with Gasteiger partial charge in [0.2, 0.25) is 0 Å². The lowest BCUT2D eigenvalue weighted by Crippen LogP contribution is -2.08. The molecule has 0 saturated heterocycles. The quantitative estimate of drug-likeness (QED) is 0.609. The zero-order chi connectivity index (χ0) is 18.4. The molecule has 0 aliphatic heterocycles. The summed E-state index contributed by atoms with van der Waals surface area (Å²) in [5, 5.41) is 6.86. The van der Waals surface area contributed by atoms with Crippen molar-refractivity contribution in [2.45, 2.75) is 33.1 Å². The fourth-order valence-corrected chi connectivity index (χ4v) is 2.95. The molecule has 0 unspecified atom stereocenters. The first kappa shape index (κ1) is 17.9. The SMILES string of the molecule is Cc1nc(NCCc2ccccc2)cc(Nc2ccccc2C(C)C)n1. The first-order valence-corrected chi connectivity index (χ1v) is 9.11. The summed E-state index contributed by atoms with van der Waals surface area (Å²) in [6.45, 7) is 7.15. The lowest BCUT2D eigenvalue weighted by atomic mass is 10.0. The molecule has 134 valence electrons. The topological polar surface area (TPSA) is 49.8 Å². The number of rotatable bonds is 7. The van der Waals surface area contributed by atoms with E-state index < -0.39 is 0 Å². The Labute approximate surface area is 155 Å². The molecule has 3 rings (SSSR count). The molecule has 4 heteroatoms. The molecule has 3 aromatic rings. The third-order valence-corrected chi connectivity index (χ3v) is 4.25. The molecule has 0 aliphatic carbocycles. The first-order chi connectivity index (χ1) is 12.6. The van der Waals surface area contributed by atoms with Crippen LogP contribution >= 0.6 is 0 Å². The van der Waals surface area contributed by atoms with Gasteiger partial charge in [-0.15, -0.1) is 0 Å². The van der Waals surface area contributed by atoms with Crippen LogP contribution in [0.3, 0.4) is 0 Å². The summed E-state index contributed by atoms with van der Waals surface area (Å²) in [6, 6.07) is 20.8. The van der Waals surface area contributed by atoms with Crippen LogP contribution in [0.2, 0.25) is 0 Å². The maximum absolute atomic E-state index is 4.53. The van der Waals surface area contributed by atoms with Crippen molar-refractivity contribution in [2.75, 3.05) is 17.2 Å². The third kappa shape index (κ3) is 4.82. The van der Waals surface area contributed by atoms with Gasteiger partial charge in [0.15, 0.2) is 0 Å². The highest BCUT2D eigenvalue weighted by Gasteiger charge is 2.08. The second kappa shape index (κ2) is 8.48. The van der Waals surface area contributed by atoms with E-state index in [1.807, 2.05) is 25.1 Å². The summed E-state index contributed by atoms with van der Waals surface area (Å²) < 4.78 is 0. The van der Waals surface area contributed by atoms with E-state index >= 15 is 0 Å². The van der Waals surface area contributed by atoms with E-state index in [0.717, 1.165) is 36.1 Å². The average Bonchev–Trinajstić information content (AvgIpc) is 2.62. The van der Waals surface area contributed by atoms with Crippen LogP contribution in [0.4, 0.5) is 17.3 Å². The second-order valence-corrected chi connectivity index (χ2v) is 6.71. The van der Waals surface area contributed by atoms with E-state index in [1.165, 1.54) is 11.1 Å². The lowest BCUT2D eigenvalue weighted by molar-refractivity contribution is 0.868. The van der Waals surface area contributed by atoms with Crippen LogP contribution in [0.15, 0.2) is 60.7 Å². The van der Waals surface area contributed by atoms with Gasteiger partial charge in [-0.3, -0.25) is 0 Å². The standard InChI is InChI=1S/C22H26N4/c1-16(2)19-11-7-8-12-20(19)26-22-15-21(24-17(3)25-22)23-14-13-18-9-5-4-6-10-18/h4-12,15-16H,13-14H2,1-3H3,(H2,23,24,25,26). The van der Waals surface area contributed by atoms with Crippen LogP contribution in [0, 0.1) is 6.92 Å². The van der Waals surface area contributed by atoms with Gasteiger partial charge in [-0.25, -0.2) is 9.97 Å². The molecule has 0 fully saturated rings. The van der Waals surface area contributed by atoms with Gasteiger partial charge in [0.1, 0.15) is 17.5 Å². The molecule has 1 aromatic heterocycles. The summed E-state index contributed by atoms with van der Waals surface area (Å²) in [7, 11) is 0. The van der Waals surface area contributed by atoms with E-state index in [0.29, 0.717) is 5.92 Å². The number of aryl methyl sites for hydroxylation is 1. The van der Waals surface area contributed by atoms with Crippen molar-refractivity contribution in [3.8, 4) is 0 Å². The van der Waals surface area contributed by atoms with Crippen molar-refractivity contribution in [3.05, 3.63) is 77.6 Å². The van der Waals surface area contributed by atoms with Crippen molar-refractivity contribution >= 4 is 17.3 Å². The van der Waals surface area contributed by atoms with Gasteiger partial charge in [0.05, 0.1) is 0 Å². The van der Waals surface area contributed by atoms with Crippen molar-refractivity contribution in [2.24, 2.45) is 0 Å². The Morgan fingerprint density at radius 3 is 2.35 bits per heavy atom. The summed E-state index contributed by atoms with van der Waals surface area (Å²) in [5.74, 6) is 2.86. The molecule has 0 radical (unpaired) electrons. The lowest BCUT2D eigenvalue weighted by Gasteiger charge is -2.15. The normalized spacial score (nSPS) is 10.8. The first-order valence-electron chi connectivity index (χ1n) is 9.11. The van der Waals surface area contributed by atoms with Gasteiger partial charge in [0.25, 0.3) is 0 Å². The highest BCUT2D eigenvalue weighted by atomic mass is 15.1. The molecule has 2 N–H and O–H groups in total. The van der Waals surface area contributed by atoms with Crippen LogP contribution in [-0.4, -0.2) is 16.5 Å². The number of nitrogens with zero attached hydrogens (tertiary/aromatic N) is 2. The second-order valence-electron chi connectivity index (χ2n) is 6.71. The molecule has 26 heavy (non-hydrogen) atoms. The van der Waals surface area contributed by atoms with Crippen molar-refractivity contribution in [1.29, 1.82) is 0 Å². The average molecular weight is 346 g/mol. The number of aromatic nitrogens is 2. The predicted octanol–water partition coefficient (Wildman–Crippen LogP) is 5.31. The van der Waals surface area contributed by atoms with E-state index in [9.17, 15) is 0 Å². The monoisotopic (exact) mass is 346 g/mol. The van der Waals surface area contributed by atoms with Crippen LogP contribution in [0.5, 0.6) is 0 Å². The Balaban J connectivity index is 1.70. The zero-order valence-electron chi connectivity index (χ0n) is 15.7. The van der Waals surface area contributed by atoms with E-state index in [4.69, 9.17) is 0 Å². The molecule has 2 aromatic carbocycles. The van der Waals surface area contributed by atoms with Gasteiger partial charge in [-0.05, 0) is 36.5 Å². The maximum Gasteiger partial charge on any atom is 0.136 e. The van der Waals surface area contributed by atoms with E-state index in [-0.39, 0.29) is 0 Å². The summed E-state index contributed by atoms with van der Waals surface area (Å²) in [4.78, 5) is 9.04. The number of nitrogens with one attached hydrogen (secondary N) is 2. The van der Waals surface area contributed by atoms with Crippen molar-refractivity contribution in [3.63, 3.8) is 0 Å². The van der Waals surface area contributed by atoms with Crippen LogP contribution < -0.4 is 10.6 Å². The van der Waals surface area contributed by atoms with Gasteiger partial charge < -0.3 is 10.6 Å². The summed E-state index contributed by atoms with van der Waals surface area (Å²) in [5.41, 5.74) is 3.69. The number of anilines is 3. The maximum atomic E-state index is 4.53. The fraction of sp³-hybridized carbons (Fsp3) is 0.273. The Hall–Kier alpha value is -2.88. The molecule has 0 saturated carbocycles. The van der Waals surface area contributed by atoms with Gasteiger partial charge in [-0.1, -0.05) is 62.4 Å². The molecule has 0 bridgehead atoms. The molecule has 0 amide bonds. The number of para-hydroxylation sites is 1. The highest BCUT2D eigenvalue weighted by molar-refractivity contribution is 5.63. The Kier molecular flexibility index (Phi) is 5.84. The molecule has 4 nitrogen and oxygen atoms in total. The summed E-state index contributed by atoms with van der Waals surface area (Å²) >= 11 is 0. The Bertz CT molecular complexity index is 844. The summed E-state index contributed by atoms with van der Waals surface area (Å²) in [6.07, 6.45) is 0.961.